The largest absolute Gasteiger partial charge is 0.336 e. The van der Waals surface area contributed by atoms with Gasteiger partial charge < -0.3 is 9.62 Å². The van der Waals surface area contributed by atoms with E-state index in [-0.39, 0.29) is 5.91 Å². The normalized spacial score (nSPS) is 19.0. The molecule has 1 N–H and O–H groups in total. The Kier molecular flexibility index (Phi) is 5.72. The standard InChI is InChI=1S/C17H24ClN3OS/c1-2-23-19-14-5-6-15(16(18)11-14)17(22)21-9-7-20(8-10-21)12-13-3-4-13/h5-6,11,13,19H,2-4,7-10,12H2,1H3. The predicted molar refractivity (Wildman–Crippen MR) is 98.3 cm³/mol. The molecule has 1 aromatic carbocycles. The molecule has 2 fully saturated rings. The maximum absolute atomic E-state index is 12.7. The highest BCUT2D eigenvalue weighted by molar-refractivity contribution is 8.00. The van der Waals surface area contributed by atoms with Crippen LogP contribution >= 0.6 is 23.5 Å². The summed E-state index contributed by atoms with van der Waals surface area (Å²) in [5.41, 5.74) is 1.54. The number of benzene rings is 1. The lowest BCUT2D eigenvalue weighted by Crippen LogP contribution is -2.49. The van der Waals surface area contributed by atoms with Gasteiger partial charge in [0.15, 0.2) is 0 Å². The first kappa shape index (κ1) is 16.9. The Bertz CT molecular complexity index is 557. The van der Waals surface area contributed by atoms with E-state index in [1.54, 1.807) is 11.9 Å². The van der Waals surface area contributed by atoms with Crippen LogP contribution in [0.4, 0.5) is 5.69 Å². The van der Waals surface area contributed by atoms with Gasteiger partial charge in [0.1, 0.15) is 0 Å². The molecule has 0 atom stereocenters. The number of hydrogen-bond acceptors (Lipinski definition) is 4. The number of rotatable bonds is 6. The quantitative estimate of drug-likeness (QED) is 0.793. The average molecular weight is 354 g/mol. The Labute approximate surface area is 147 Å². The zero-order valence-electron chi connectivity index (χ0n) is 13.6. The van der Waals surface area contributed by atoms with Gasteiger partial charge in [-0.1, -0.05) is 30.5 Å². The van der Waals surface area contributed by atoms with Gasteiger partial charge in [0.2, 0.25) is 0 Å². The highest BCUT2D eigenvalue weighted by Crippen LogP contribution is 2.30. The summed E-state index contributed by atoms with van der Waals surface area (Å²) in [4.78, 5) is 17.1. The molecular weight excluding hydrogens is 330 g/mol. The van der Waals surface area contributed by atoms with Crippen LogP contribution in [0.15, 0.2) is 18.2 Å². The van der Waals surface area contributed by atoms with E-state index in [1.165, 1.54) is 19.4 Å². The van der Waals surface area contributed by atoms with Gasteiger partial charge in [-0.3, -0.25) is 9.69 Å². The Morgan fingerprint density at radius 2 is 2.04 bits per heavy atom. The van der Waals surface area contributed by atoms with Crippen molar-refractivity contribution in [3.63, 3.8) is 0 Å². The van der Waals surface area contributed by atoms with Crippen LogP contribution in [0.5, 0.6) is 0 Å². The molecule has 1 aliphatic heterocycles. The van der Waals surface area contributed by atoms with E-state index in [9.17, 15) is 4.79 Å². The van der Waals surface area contributed by atoms with Gasteiger partial charge in [-0.05, 0) is 37.0 Å². The van der Waals surface area contributed by atoms with E-state index >= 15 is 0 Å². The number of carbonyl (C=O) groups is 1. The van der Waals surface area contributed by atoms with E-state index in [0.717, 1.165) is 43.5 Å². The maximum atomic E-state index is 12.7. The molecule has 4 nitrogen and oxygen atoms in total. The number of nitrogens with zero attached hydrogens (tertiary/aromatic N) is 2. The summed E-state index contributed by atoms with van der Waals surface area (Å²) in [5, 5.41) is 0.525. The van der Waals surface area contributed by atoms with Gasteiger partial charge in [-0.15, -0.1) is 0 Å². The van der Waals surface area contributed by atoms with E-state index in [1.807, 2.05) is 23.1 Å². The fraction of sp³-hybridized carbons (Fsp3) is 0.588. The zero-order valence-corrected chi connectivity index (χ0v) is 15.1. The molecule has 3 rings (SSSR count). The third-order valence-corrected chi connectivity index (χ3v) is 5.39. The fourth-order valence-electron chi connectivity index (χ4n) is 2.88. The van der Waals surface area contributed by atoms with Gasteiger partial charge in [0, 0.05) is 44.2 Å². The van der Waals surface area contributed by atoms with E-state index < -0.39 is 0 Å². The summed E-state index contributed by atoms with van der Waals surface area (Å²) in [5.74, 6) is 1.94. The van der Waals surface area contributed by atoms with Crippen LogP contribution in [0.3, 0.4) is 0 Å². The molecule has 2 aliphatic rings. The monoisotopic (exact) mass is 353 g/mol. The van der Waals surface area contributed by atoms with Crippen molar-refractivity contribution in [2.24, 2.45) is 5.92 Å². The second-order valence-electron chi connectivity index (χ2n) is 6.27. The molecule has 0 spiro atoms. The maximum Gasteiger partial charge on any atom is 0.255 e. The van der Waals surface area contributed by atoms with E-state index in [2.05, 4.69) is 16.5 Å². The summed E-state index contributed by atoms with van der Waals surface area (Å²) in [6.07, 6.45) is 2.76. The van der Waals surface area contributed by atoms with Crippen LogP contribution in [0.1, 0.15) is 30.1 Å². The number of halogens is 1. The first-order chi connectivity index (χ1) is 11.2. The molecule has 0 radical (unpaired) electrons. The number of anilines is 1. The molecule has 1 aliphatic carbocycles. The van der Waals surface area contributed by atoms with Gasteiger partial charge in [-0.25, -0.2) is 0 Å². The third kappa shape index (κ3) is 4.55. The van der Waals surface area contributed by atoms with Crippen molar-refractivity contribution in [1.82, 2.24) is 9.80 Å². The van der Waals surface area contributed by atoms with Gasteiger partial charge in [0.05, 0.1) is 10.6 Å². The van der Waals surface area contributed by atoms with Crippen molar-refractivity contribution in [2.75, 3.05) is 43.2 Å². The number of piperazine rings is 1. The lowest BCUT2D eigenvalue weighted by Gasteiger charge is -2.35. The molecule has 1 amide bonds. The number of amides is 1. The molecule has 0 aromatic heterocycles. The molecule has 1 aromatic rings. The van der Waals surface area contributed by atoms with Crippen molar-refractivity contribution in [3.8, 4) is 0 Å². The van der Waals surface area contributed by atoms with Crippen LogP contribution in [0.2, 0.25) is 5.02 Å². The van der Waals surface area contributed by atoms with Gasteiger partial charge >= 0.3 is 0 Å². The first-order valence-electron chi connectivity index (χ1n) is 8.36. The molecular formula is C17H24ClN3OS. The summed E-state index contributed by atoms with van der Waals surface area (Å²) >= 11 is 7.93. The smallest absolute Gasteiger partial charge is 0.255 e. The zero-order chi connectivity index (χ0) is 16.2. The Morgan fingerprint density at radius 1 is 1.30 bits per heavy atom. The summed E-state index contributed by atoms with van der Waals surface area (Å²) in [6, 6.07) is 5.59. The SMILES string of the molecule is CCSNc1ccc(C(=O)N2CCN(CC3CC3)CC2)c(Cl)c1. The number of hydrogen-bond donors (Lipinski definition) is 1. The molecule has 1 heterocycles. The topological polar surface area (TPSA) is 35.6 Å². The molecule has 6 heteroatoms. The van der Waals surface area contributed by atoms with Crippen LogP contribution in [0, 0.1) is 5.92 Å². The molecule has 0 unspecified atom stereocenters. The van der Waals surface area contributed by atoms with Crippen molar-refractivity contribution in [3.05, 3.63) is 28.8 Å². The molecule has 0 bridgehead atoms. The van der Waals surface area contributed by atoms with Gasteiger partial charge in [0.25, 0.3) is 5.91 Å². The Balaban J connectivity index is 1.57. The average Bonchev–Trinajstić information content (AvgIpc) is 3.37. The minimum atomic E-state index is 0.0516. The van der Waals surface area contributed by atoms with Crippen molar-refractivity contribution in [1.29, 1.82) is 0 Å². The fourth-order valence-corrected chi connectivity index (χ4v) is 3.58. The van der Waals surface area contributed by atoms with Crippen molar-refractivity contribution in [2.45, 2.75) is 19.8 Å². The predicted octanol–water partition coefficient (Wildman–Crippen LogP) is 3.59. The second kappa shape index (κ2) is 7.77. The first-order valence-corrected chi connectivity index (χ1v) is 9.72. The lowest BCUT2D eigenvalue weighted by atomic mass is 10.1. The van der Waals surface area contributed by atoms with Crippen LogP contribution < -0.4 is 4.72 Å². The van der Waals surface area contributed by atoms with Gasteiger partial charge in [-0.2, -0.15) is 0 Å². The Hall–Kier alpha value is -0.910. The van der Waals surface area contributed by atoms with E-state index in [0.29, 0.717) is 10.6 Å². The third-order valence-electron chi connectivity index (χ3n) is 4.41. The minimum absolute atomic E-state index is 0.0516. The van der Waals surface area contributed by atoms with Crippen molar-refractivity contribution >= 4 is 35.1 Å². The lowest BCUT2D eigenvalue weighted by molar-refractivity contribution is 0.0632. The summed E-state index contributed by atoms with van der Waals surface area (Å²) < 4.78 is 3.21. The Morgan fingerprint density at radius 3 is 2.65 bits per heavy atom. The highest BCUT2D eigenvalue weighted by Gasteiger charge is 2.28. The van der Waals surface area contributed by atoms with Crippen molar-refractivity contribution < 1.29 is 4.79 Å². The molecule has 126 valence electrons. The highest BCUT2D eigenvalue weighted by atomic mass is 35.5. The summed E-state index contributed by atoms with van der Waals surface area (Å²) in [7, 11) is 0. The van der Waals surface area contributed by atoms with Crippen LogP contribution in [0.25, 0.3) is 0 Å². The molecule has 23 heavy (non-hydrogen) atoms. The second-order valence-corrected chi connectivity index (χ2v) is 7.74. The molecule has 1 saturated heterocycles. The summed E-state index contributed by atoms with van der Waals surface area (Å²) in [6.45, 7) is 6.85. The molecule has 1 saturated carbocycles. The van der Waals surface area contributed by atoms with Crippen LogP contribution in [-0.2, 0) is 0 Å². The minimum Gasteiger partial charge on any atom is -0.336 e. The number of nitrogens with one attached hydrogen (secondary N) is 1. The van der Waals surface area contributed by atoms with E-state index in [4.69, 9.17) is 11.6 Å². The number of carbonyl (C=O) groups excluding carboxylic acids is 1. The van der Waals surface area contributed by atoms with Crippen LogP contribution in [-0.4, -0.2) is 54.2 Å².